The summed E-state index contributed by atoms with van der Waals surface area (Å²) in [6, 6.07) is 0. The Morgan fingerprint density at radius 2 is 1.88 bits per heavy atom. The molecule has 0 aliphatic heterocycles. The highest BCUT2D eigenvalue weighted by Crippen LogP contribution is 2.66. The molecule has 24 heavy (non-hydrogen) atoms. The van der Waals surface area contributed by atoms with Gasteiger partial charge in [0.15, 0.2) is 0 Å². The number of carbonyl (C=O) groups is 2. The van der Waals surface area contributed by atoms with Crippen molar-refractivity contribution in [3.63, 3.8) is 0 Å². The number of hydrogen-bond acceptors (Lipinski definition) is 3. The van der Waals surface area contributed by atoms with Gasteiger partial charge in [-0.05, 0) is 74.0 Å². The predicted molar refractivity (Wildman–Crippen MR) is 92.6 cm³/mol. The molecule has 4 rings (SSSR count). The van der Waals surface area contributed by atoms with Crippen LogP contribution in [0.15, 0.2) is 0 Å². The third-order valence-corrected chi connectivity index (χ3v) is 8.66. The average molecular weight is 332 g/mol. The van der Waals surface area contributed by atoms with E-state index in [1.165, 1.54) is 19.3 Å². The van der Waals surface area contributed by atoms with Crippen molar-refractivity contribution in [2.45, 2.75) is 71.1 Å². The smallest absolute Gasteiger partial charge is 0.139 e. The van der Waals surface area contributed by atoms with Gasteiger partial charge in [-0.15, -0.1) is 0 Å². The van der Waals surface area contributed by atoms with Crippen LogP contribution in [0.3, 0.4) is 0 Å². The van der Waals surface area contributed by atoms with Crippen molar-refractivity contribution in [2.75, 3.05) is 13.7 Å². The molecule has 134 valence electrons. The first-order chi connectivity index (χ1) is 11.5. The molecule has 0 aromatic heterocycles. The van der Waals surface area contributed by atoms with Gasteiger partial charge in [-0.25, -0.2) is 0 Å². The monoisotopic (exact) mass is 332 g/mol. The van der Waals surface area contributed by atoms with Crippen LogP contribution >= 0.6 is 0 Å². The van der Waals surface area contributed by atoms with E-state index in [2.05, 4.69) is 6.92 Å². The summed E-state index contributed by atoms with van der Waals surface area (Å²) in [6.45, 7) is 3.07. The van der Waals surface area contributed by atoms with Gasteiger partial charge in [0.1, 0.15) is 11.6 Å². The molecule has 0 bridgehead atoms. The van der Waals surface area contributed by atoms with Gasteiger partial charge >= 0.3 is 0 Å². The number of carbonyl (C=O) groups excluding carboxylic acids is 2. The van der Waals surface area contributed by atoms with Gasteiger partial charge in [0.2, 0.25) is 0 Å². The topological polar surface area (TPSA) is 43.4 Å². The second-order valence-electron chi connectivity index (χ2n) is 9.29. The lowest BCUT2D eigenvalue weighted by Gasteiger charge is -2.60. The van der Waals surface area contributed by atoms with E-state index in [9.17, 15) is 9.59 Å². The molecule has 0 amide bonds. The maximum atomic E-state index is 12.5. The molecule has 4 aliphatic rings. The normalized spacial score (nSPS) is 47.9. The summed E-state index contributed by atoms with van der Waals surface area (Å²) in [4.78, 5) is 24.6. The molecule has 0 heterocycles. The Hall–Kier alpha value is -0.700. The third kappa shape index (κ3) is 2.26. The average Bonchev–Trinajstić information content (AvgIpc) is 2.88. The van der Waals surface area contributed by atoms with E-state index in [4.69, 9.17) is 4.74 Å². The van der Waals surface area contributed by atoms with Crippen LogP contribution < -0.4 is 0 Å². The lowest BCUT2D eigenvalue weighted by Crippen LogP contribution is -2.55. The lowest BCUT2D eigenvalue weighted by molar-refractivity contribution is -0.150. The number of ether oxygens (including phenoxy) is 1. The number of hydrogen-bond donors (Lipinski definition) is 0. The van der Waals surface area contributed by atoms with E-state index < -0.39 is 0 Å². The van der Waals surface area contributed by atoms with E-state index in [-0.39, 0.29) is 5.41 Å². The summed E-state index contributed by atoms with van der Waals surface area (Å²) < 4.78 is 5.48. The molecular weight excluding hydrogens is 300 g/mol. The second kappa shape index (κ2) is 5.93. The SMILES string of the molecule is COCC[C@]12CCC(=O)C[C@@H]1CC[C@@H]1[C@@H]2CC[C@]2(C)C(=O)CC[C@@H]12. The van der Waals surface area contributed by atoms with Crippen LogP contribution in [0, 0.1) is 34.5 Å². The van der Waals surface area contributed by atoms with Crippen LogP contribution in [0.4, 0.5) is 0 Å². The molecule has 6 atom stereocenters. The van der Waals surface area contributed by atoms with E-state index in [1.54, 1.807) is 7.11 Å². The Bertz CT molecular complexity index is 541. The number of ketones is 2. The maximum absolute atomic E-state index is 12.5. The second-order valence-corrected chi connectivity index (χ2v) is 9.29. The highest BCUT2D eigenvalue weighted by atomic mass is 16.5. The maximum Gasteiger partial charge on any atom is 0.139 e. The molecule has 3 heteroatoms. The van der Waals surface area contributed by atoms with Crippen molar-refractivity contribution in [1.82, 2.24) is 0 Å². The molecule has 3 nitrogen and oxygen atoms in total. The Kier molecular flexibility index (Phi) is 4.14. The van der Waals surface area contributed by atoms with Gasteiger partial charge < -0.3 is 4.74 Å². The fourth-order valence-corrected chi connectivity index (χ4v) is 7.41. The molecule has 0 spiro atoms. The third-order valence-electron chi connectivity index (χ3n) is 8.66. The minimum atomic E-state index is -0.0407. The van der Waals surface area contributed by atoms with Gasteiger partial charge in [0.05, 0.1) is 0 Å². The van der Waals surface area contributed by atoms with Crippen molar-refractivity contribution >= 4 is 11.6 Å². The first-order valence-corrected chi connectivity index (χ1v) is 10.1. The first-order valence-electron chi connectivity index (χ1n) is 10.1. The highest BCUT2D eigenvalue weighted by Gasteiger charge is 2.61. The lowest BCUT2D eigenvalue weighted by atomic mass is 9.44. The summed E-state index contributed by atoms with van der Waals surface area (Å²) in [5.74, 6) is 3.58. The molecule has 0 unspecified atom stereocenters. The van der Waals surface area contributed by atoms with Crippen molar-refractivity contribution in [3.05, 3.63) is 0 Å². The van der Waals surface area contributed by atoms with Crippen molar-refractivity contribution in [1.29, 1.82) is 0 Å². The standard InChI is InChI=1S/C21H32O3/c1-20-9-8-18-16(17(20)5-6-19(20)23)4-3-14-13-15(22)7-10-21(14,18)11-12-24-2/h14,16-18H,3-13H2,1-2H3/t14-,16-,17-,18-,20-,21+/m0/s1. The number of Topliss-reactive ketones (excluding diaryl/α,β-unsaturated/α-hetero) is 2. The van der Waals surface area contributed by atoms with E-state index in [1.807, 2.05) is 0 Å². The van der Waals surface area contributed by atoms with Gasteiger partial charge in [0.25, 0.3) is 0 Å². The first kappa shape index (κ1) is 16.8. The fourth-order valence-electron chi connectivity index (χ4n) is 7.41. The Morgan fingerprint density at radius 3 is 2.67 bits per heavy atom. The van der Waals surface area contributed by atoms with Crippen LogP contribution in [0.1, 0.15) is 71.1 Å². The Balaban J connectivity index is 1.66. The summed E-state index contributed by atoms with van der Waals surface area (Å²) >= 11 is 0. The van der Waals surface area contributed by atoms with Crippen molar-refractivity contribution in [3.8, 4) is 0 Å². The van der Waals surface area contributed by atoms with Crippen LogP contribution in [0.5, 0.6) is 0 Å². The zero-order valence-electron chi connectivity index (χ0n) is 15.3. The zero-order chi connectivity index (χ0) is 16.9. The molecule has 4 aliphatic carbocycles. The molecule has 4 fully saturated rings. The number of rotatable bonds is 3. The summed E-state index contributed by atoms with van der Waals surface area (Å²) in [5.41, 5.74) is 0.265. The van der Waals surface area contributed by atoms with Gasteiger partial charge in [-0.3, -0.25) is 9.59 Å². The predicted octanol–water partition coefficient (Wildman–Crippen LogP) is 4.18. The Labute approximate surface area is 145 Å². The van der Waals surface area contributed by atoms with Gasteiger partial charge in [0, 0.05) is 38.4 Å². The molecule has 0 N–H and O–H groups in total. The van der Waals surface area contributed by atoms with E-state index in [0.717, 1.165) is 51.6 Å². The number of fused-ring (bicyclic) bond motifs is 5. The molecule has 0 saturated heterocycles. The summed E-state index contributed by atoms with van der Waals surface area (Å²) in [7, 11) is 1.80. The largest absolute Gasteiger partial charge is 0.385 e. The molecular formula is C21H32O3. The van der Waals surface area contributed by atoms with E-state index in [0.29, 0.717) is 40.7 Å². The summed E-state index contributed by atoms with van der Waals surface area (Å²) in [5, 5.41) is 0. The van der Waals surface area contributed by atoms with Crippen LogP contribution in [0.2, 0.25) is 0 Å². The highest BCUT2D eigenvalue weighted by molar-refractivity contribution is 5.87. The zero-order valence-corrected chi connectivity index (χ0v) is 15.3. The number of methoxy groups -OCH3 is 1. The quantitative estimate of drug-likeness (QED) is 0.778. The van der Waals surface area contributed by atoms with Crippen LogP contribution in [-0.2, 0) is 14.3 Å². The van der Waals surface area contributed by atoms with Crippen LogP contribution in [-0.4, -0.2) is 25.3 Å². The van der Waals surface area contributed by atoms with Crippen molar-refractivity contribution < 1.29 is 14.3 Å². The Morgan fingerprint density at radius 1 is 1.04 bits per heavy atom. The van der Waals surface area contributed by atoms with Crippen LogP contribution in [0.25, 0.3) is 0 Å². The molecule has 4 saturated carbocycles. The minimum Gasteiger partial charge on any atom is -0.385 e. The van der Waals surface area contributed by atoms with E-state index >= 15 is 0 Å². The summed E-state index contributed by atoms with van der Waals surface area (Å²) in [6.07, 6.45) is 10.4. The molecule has 0 aromatic rings. The van der Waals surface area contributed by atoms with Crippen molar-refractivity contribution in [2.24, 2.45) is 34.5 Å². The van der Waals surface area contributed by atoms with Gasteiger partial charge in [-0.1, -0.05) is 6.92 Å². The molecule has 0 aromatic carbocycles. The van der Waals surface area contributed by atoms with Gasteiger partial charge in [-0.2, -0.15) is 0 Å². The minimum absolute atomic E-state index is 0.0407. The molecule has 0 radical (unpaired) electrons. The fraction of sp³-hybridized carbons (Fsp3) is 0.905.